The Morgan fingerprint density at radius 3 is 2.64 bits per heavy atom. The van der Waals surface area contributed by atoms with Gasteiger partial charge in [0.15, 0.2) is 0 Å². The van der Waals surface area contributed by atoms with E-state index in [9.17, 15) is 0 Å². The maximum absolute atomic E-state index is 5.87. The fraction of sp³-hybridized carbons (Fsp3) is 0.273. The quantitative estimate of drug-likeness (QED) is 0.757. The van der Waals surface area contributed by atoms with E-state index in [2.05, 4.69) is 11.9 Å². The maximum atomic E-state index is 5.87. The summed E-state index contributed by atoms with van der Waals surface area (Å²) in [4.78, 5) is 0. The van der Waals surface area contributed by atoms with Crippen molar-refractivity contribution in [3.63, 3.8) is 0 Å². The highest BCUT2D eigenvalue weighted by atomic mass is 35.5. The first-order valence-electron chi connectivity index (χ1n) is 4.43. The molecule has 0 aliphatic heterocycles. The van der Waals surface area contributed by atoms with E-state index in [1.54, 1.807) is 6.07 Å². The number of rotatable bonds is 4. The van der Waals surface area contributed by atoms with E-state index in [-0.39, 0.29) is 0 Å². The van der Waals surface area contributed by atoms with E-state index in [0.717, 1.165) is 24.2 Å². The third kappa shape index (κ3) is 3.60. The molecule has 0 heterocycles. The standard InChI is InChI=1S/C11H13Cl2N/c1-8(2)5-6-14-9-3-4-10(12)11(13)7-9/h3-4,7,14H,1,5-6H2,2H3. The number of anilines is 1. The Labute approximate surface area is 94.7 Å². The monoisotopic (exact) mass is 229 g/mol. The van der Waals surface area contributed by atoms with E-state index in [4.69, 9.17) is 23.2 Å². The fourth-order valence-corrected chi connectivity index (χ4v) is 1.32. The Morgan fingerprint density at radius 1 is 1.36 bits per heavy atom. The van der Waals surface area contributed by atoms with Gasteiger partial charge in [0.05, 0.1) is 10.0 Å². The van der Waals surface area contributed by atoms with Crippen molar-refractivity contribution in [1.29, 1.82) is 0 Å². The molecule has 0 aliphatic carbocycles. The second kappa shape index (κ2) is 5.28. The lowest BCUT2D eigenvalue weighted by molar-refractivity contribution is 1.00. The fourth-order valence-electron chi connectivity index (χ4n) is 1.03. The number of hydrogen-bond acceptors (Lipinski definition) is 1. The van der Waals surface area contributed by atoms with Crippen LogP contribution >= 0.6 is 23.2 Å². The van der Waals surface area contributed by atoms with Gasteiger partial charge in [0.25, 0.3) is 0 Å². The Balaban J connectivity index is 2.51. The van der Waals surface area contributed by atoms with E-state index in [1.165, 1.54) is 0 Å². The minimum atomic E-state index is 0.576. The van der Waals surface area contributed by atoms with Crippen LogP contribution < -0.4 is 5.32 Å². The summed E-state index contributed by atoms with van der Waals surface area (Å²) in [6.07, 6.45) is 0.959. The van der Waals surface area contributed by atoms with Crippen molar-refractivity contribution in [3.05, 3.63) is 40.4 Å². The molecule has 0 saturated carbocycles. The van der Waals surface area contributed by atoms with Crippen molar-refractivity contribution in [2.24, 2.45) is 0 Å². The molecule has 0 spiro atoms. The van der Waals surface area contributed by atoms with Crippen LogP contribution in [0.25, 0.3) is 0 Å². The normalized spacial score (nSPS) is 9.93. The summed E-state index contributed by atoms with van der Waals surface area (Å²) in [6, 6.07) is 5.52. The van der Waals surface area contributed by atoms with Crippen LogP contribution in [0.3, 0.4) is 0 Å². The second-order valence-corrected chi connectivity index (χ2v) is 4.08. The molecular formula is C11H13Cl2N. The summed E-state index contributed by atoms with van der Waals surface area (Å²) < 4.78 is 0. The van der Waals surface area contributed by atoms with Gasteiger partial charge in [-0.05, 0) is 31.5 Å². The van der Waals surface area contributed by atoms with E-state index in [1.807, 2.05) is 19.1 Å². The van der Waals surface area contributed by atoms with Crippen LogP contribution in [0.1, 0.15) is 13.3 Å². The molecule has 0 aromatic heterocycles. The third-order valence-electron chi connectivity index (χ3n) is 1.80. The van der Waals surface area contributed by atoms with Crippen LogP contribution in [0, 0.1) is 0 Å². The molecular weight excluding hydrogens is 217 g/mol. The molecule has 1 N–H and O–H groups in total. The first kappa shape index (κ1) is 11.4. The van der Waals surface area contributed by atoms with Crippen LogP contribution in [-0.4, -0.2) is 6.54 Å². The zero-order chi connectivity index (χ0) is 10.6. The van der Waals surface area contributed by atoms with Crippen LogP contribution in [0.5, 0.6) is 0 Å². The molecule has 0 saturated heterocycles. The first-order valence-corrected chi connectivity index (χ1v) is 5.18. The summed E-state index contributed by atoms with van der Waals surface area (Å²) in [7, 11) is 0. The first-order chi connectivity index (χ1) is 6.59. The van der Waals surface area contributed by atoms with Gasteiger partial charge in [-0.15, -0.1) is 6.58 Å². The van der Waals surface area contributed by atoms with Crippen LogP contribution in [0.15, 0.2) is 30.4 Å². The van der Waals surface area contributed by atoms with Gasteiger partial charge < -0.3 is 5.32 Å². The predicted octanol–water partition coefficient (Wildman–Crippen LogP) is 4.37. The maximum Gasteiger partial charge on any atom is 0.0612 e. The summed E-state index contributed by atoms with van der Waals surface area (Å²) in [6.45, 7) is 6.71. The van der Waals surface area contributed by atoms with Gasteiger partial charge in [-0.25, -0.2) is 0 Å². The van der Waals surface area contributed by atoms with E-state index < -0.39 is 0 Å². The van der Waals surface area contributed by atoms with Crippen molar-refractivity contribution in [3.8, 4) is 0 Å². The average Bonchev–Trinajstić information content (AvgIpc) is 2.10. The van der Waals surface area contributed by atoms with Gasteiger partial charge in [0.1, 0.15) is 0 Å². The van der Waals surface area contributed by atoms with Crippen LogP contribution in [-0.2, 0) is 0 Å². The molecule has 76 valence electrons. The molecule has 0 aliphatic rings. The molecule has 0 radical (unpaired) electrons. The number of halogens is 2. The summed E-state index contributed by atoms with van der Waals surface area (Å²) >= 11 is 11.7. The zero-order valence-corrected chi connectivity index (χ0v) is 9.62. The van der Waals surface area contributed by atoms with Crippen molar-refractivity contribution in [1.82, 2.24) is 0 Å². The second-order valence-electron chi connectivity index (χ2n) is 3.26. The van der Waals surface area contributed by atoms with Gasteiger partial charge in [-0.2, -0.15) is 0 Å². The molecule has 0 fully saturated rings. The summed E-state index contributed by atoms with van der Waals surface area (Å²) in [5, 5.41) is 4.40. The van der Waals surface area contributed by atoms with Gasteiger partial charge >= 0.3 is 0 Å². The lowest BCUT2D eigenvalue weighted by atomic mass is 10.2. The molecule has 14 heavy (non-hydrogen) atoms. The van der Waals surface area contributed by atoms with Gasteiger partial charge in [-0.1, -0.05) is 28.8 Å². The Kier molecular flexibility index (Phi) is 4.30. The highest BCUT2D eigenvalue weighted by Gasteiger charge is 1.98. The minimum absolute atomic E-state index is 0.576. The third-order valence-corrected chi connectivity index (χ3v) is 2.54. The summed E-state index contributed by atoms with van der Waals surface area (Å²) in [5.41, 5.74) is 2.15. The molecule has 1 rings (SSSR count). The highest BCUT2D eigenvalue weighted by Crippen LogP contribution is 2.24. The largest absolute Gasteiger partial charge is 0.385 e. The molecule has 0 bridgehead atoms. The van der Waals surface area contributed by atoms with Crippen molar-refractivity contribution < 1.29 is 0 Å². The lowest BCUT2D eigenvalue weighted by Gasteiger charge is -2.06. The minimum Gasteiger partial charge on any atom is -0.385 e. The molecule has 1 aromatic rings. The van der Waals surface area contributed by atoms with Crippen LogP contribution in [0.4, 0.5) is 5.69 Å². The molecule has 1 nitrogen and oxygen atoms in total. The summed E-state index contributed by atoms with van der Waals surface area (Å²) in [5.74, 6) is 0. The molecule has 0 atom stereocenters. The number of benzene rings is 1. The molecule has 1 aromatic carbocycles. The average molecular weight is 230 g/mol. The van der Waals surface area contributed by atoms with Crippen LogP contribution in [0.2, 0.25) is 10.0 Å². The van der Waals surface area contributed by atoms with E-state index in [0.29, 0.717) is 10.0 Å². The molecule has 0 amide bonds. The van der Waals surface area contributed by atoms with Gasteiger partial charge in [0.2, 0.25) is 0 Å². The van der Waals surface area contributed by atoms with E-state index >= 15 is 0 Å². The topological polar surface area (TPSA) is 12.0 Å². The Bertz CT molecular complexity index is 334. The highest BCUT2D eigenvalue weighted by molar-refractivity contribution is 6.42. The van der Waals surface area contributed by atoms with Gasteiger partial charge in [0, 0.05) is 12.2 Å². The van der Waals surface area contributed by atoms with Gasteiger partial charge in [-0.3, -0.25) is 0 Å². The van der Waals surface area contributed by atoms with Crippen molar-refractivity contribution in [2.75, 3.05) is 11.9 Å². The smallest absolute Gasteiger partial charge is 0.0612 e. The lowest BCUT2D eigenvalue weighted by Crippen LogP contribution is -2.01. The zero-order valence-electron chi connectivity index (χ0n) is 8.11. The number of nitrogens with one attached hydrogen (secondary N) is 1. The predicted molar refractivity (Wildman–Crippen MR) is 64.4 cm³/mol. The van der Waals surface area contributed by atoms with Crippen molar-refractivity contribution >= 4 is 28.9 Å². The Morgan fingerprint density at radius 2 is 2.07 bits per heavy atom. The molecule has 0 unspecified atom stereocenters. The number of hydrogen-bond donors (Lipinski definition) is 1. The molecule has 3 heteroatoms. The van der Waals surface area contributed by atoms with Crippen molar-refractivity contribution in [2.45, 2.75) is 13.3 Å². The Hall–Kier alpha value is -0.660. The SMILES string of the molecule is C=C(C)CCNc1ccc(Cl)c(Cl)c1.